The molecule has 0 spiro atoms. The number of carbonyl (C=O) groups excluding carboxylic acids is 2. The summed E-state index contributed by atoms with van der Waals surface area (Å²) >= 11 is 1.26. The van der Waals surface area contributed by atoms with Crippen molar-refractivity contribution in [2.45, 2.75) is 46.5 Å². The molecule has 160 valence electrons. The van der Waals surface area contributed by atoms with Crippen LogP contribution in [-0.4, -0.2) is 29.6 Å². The molecule has 2 aromatic rings. The summed E-state index contributed by atoms with van der Waals surface area (Å²) in [6.07, 6.45) is 2.67. The summed E-state index contributed by atoms with van der Waals surface area (Å²) in [4.78, 5) is 37.3. The number of esters is 1. The van der Waals surface area contributed by atoms with Crippen LogP contribution >= 0.6 is 11.3 Å². The van der Waals surface area contributed by atoms with Gasteiger partial charge in [0.05, 0.1) is 18.4 Å². The van der Waals surface area contributed by atoms with Crippen LogP contribution in [0.25, 0.3) is 11.1 Å². The minimum Gasteiger partial charge on any atom is -0.481 e. The molecule has 0 radical (unpaired) electrons. The minimum absolute atomic E-state index is 0.220. The van der Waals surface area contributed by atoms with Crippen LogP contribution in [0.4, 0.5) is 5.00 Å². The highest BCUT2D eigenvalue weighted by Crippen LogP contribution is 2.38. The van der Waals surface area contributed by atoms with Crippen LogP contribution in [0.3, 0.4) is 0 Å². The van der Waals surface area contributed by atoms with Crippen molar-refractivity contribution < 1.29 is 24.2 Å². The molecule has 1 aromatic heterocycles. The maximum Gasteiger partial charge on any atom is 0.341 e. The molecule has 0 bridgehead atoms. The third-order valence-electron chi connectivity index (χ3n) is 5.75. The number of hydrogen-bond acceptors (Lipinski definition) is 5. The zero-order valence-electron chi connectivity index (χ0n) is 17.5. The number of aryl methyl sites for hydroxylation is 2. The molecule has 1 fully saturated rings. The highest BCUT2D eigenvalue weighted by atomic mass is 32.1. The fraction of sp³-hybridized carbons (Fsp3) is 0.435. The van der Waals surface area contributed by atoms with Gasteiger partial charge in [-0.2, -0.15) is 0 Å². The number of anilines is 1. The van der Waals surface area contributed by atoms with E-state index in [9.17, 15) is 19.5 Å². The molecular formula is C23H27NO5S. The quantitative estimate of drug-likeness (QED) is 0.628. The average Bonchev–Trinajstić information content (AvgIpc) is 3.13. The first kappa shape index (κ1) is 22.0. The highest BCUT2D eigenvalue weighted by Gasteiger charge is 2.36. The van der Waals surface area contributed by atoms with E-state index in [2.05, 4.69) is 5.32 Å². The number of benzene rings is 1. The van der Waals surface area contributed by atoms with E-state index in [0.717, 1.165) is 29.5 Å². The molecule has 1 saturated carbocycles. The van der Waals surface area contributed by atoms with E-state index in [4.69, 9.17) is 4.74 Å². The molecule has 2 atom stereocenters. The lowest BCUT2D eigenvalue weighted by molar-refractivity contribution is -0.147. The smallest absolute Gasteiger partial charge is 0.341 e. The molecule has 1 heterocycles. The Labute approximate surface area is 180 Å². The first-order valence-corrected chi connectivity index (χ1v) is 11.1. The summed E-state index contributed by atoms with van der Waals surface area (Å²) in [6.45, 7) is 5.98. The second-order valence-corrected chi connectivity index (χ2v) is 8.58. The number of aliphatic carboxylic acids is 1. The zero-order valence-corrected chi connectivity index (χ0v) is 18.3. The third kappa shape index (κ3) is 4.56. The van der Waals surface area contributed by atoms with Gasteiger partial charge in [0, 0.05) is 10.9 Å². The minimum atomic E-state index is -0.942. The van der Waals surface area contributed by atoms with Gasteiger partial charge in [0.15, 0.2) is 0 Å². The van der Waals surface area contributed by atoms with E-state index in [-0.39, 0.29) is 12.5 Å². The molecule has 7 heteroatoms. The number of carboxylic acids is 1. The van der Waals surface area contributed by atoms with Gasteiger partial charge in [0.1, 0.15) is 10.6 Å². The van der Waals surface area contributed by atoms with E-state index in [0.29, 0.717) is 29.0 Å². The van der Waals surface area contributed by atoms with Gasteiger partial charge in [-0.05, 0) is 50.3 Å². The van der Waals surface area contributed by atoms with Gasteiger partial charge in [-0.1, -0.05) is 31.0 Å². The monoisotopic (exact) mass is 429 g/mol. The Kier molecular flexibility index (Phi) is 6.92. The number of ether oxygens (including phenoxy) is 1. The van der Waals surface area contributed by atoms with E-state index in [1.54, 1.807) is 6.92 Å². The number of carboxylic acid groups (broad SMARTS) is 1. The van der Waals surface area contributed by atoms with Crippen molar-refractivity contribution in [1.29, 1.82) is 0 Å². The van der Waals surface area contributed by atoms with Crippen LogP contribution in [0.15, 0.2) is 23.6 Å². The molecule has 3 rings (SSSR count). The Morgan fingerprint density at radius 1 is 1.13 bits per heavy atom. The first-order chi connectivity index (χ1) is 14.3. The van der Waals surface area contributed by atoms with Crippen molar-refractivity contribution in [2.75, 3.05) is 11.9 Å². The van der Waals surface area contributed by atoms with Gasteiger partial charge in [0.2, 0.25) is 5.91 Å². The topological polar surface area (TPSA) is 92.7 Å². The second-order valence-electron chi connectivity index (χ2n) is 7.70. The Hall–Kier alpha value is -2.67. The van der Waals surface area contributed by atoms with Crippen LogP contribution < -0.4 is 5.32 Å². The molecule has 0 saturated heterocycles. The number of hydrogen-bond donors (Lipinski definition) is 2. The summed E-state index contributed by atoms with van der Waals surface area (Å²) in [5, 5.41) is 14.6. The molecule has 1 aromatic carbocycles. The van der Waals surface area contributed by atoms with Gasteiger partial charge in [0.25, 0.3) is 0 Å². The van der Waals surface area contributed by atoms with Crippen LogP contribution in [0.2, 0.25) is 0 Å². The standard InChI is InChI=1S/C23H27NO5S/c1-4-29-23(28)19-18(15-10-9-13(2)14(3)11-15)12-30-21(19)24-20(25)16-7-5-6-8-17(16)22(26)27/h9-12,16-17H,4-8H2,1-3H3,(H,24,25)(H,26,27). The maximum absolute atomic E-state index is 12.9. The fourth-order valence-corrected chi connectivity index (χ4v) is 4.88. The van der Waals surface area contributed by atoms with Crippen LogP contribution in [-0.2, 0) is 14.3 Å². The molecule has 1 aliphatic rings. The van der Waals surface area contributed by atoms with Crippen LogP contribution in [0.1, 0.15) is 54.1 Å². The normalized spacial score (nSPS) is 18.6. The average molecular weight is 430 g/mol. The van der Waals surface area contributed by atoms with Gasteiger partial charge in [-0.3, -0.25) is 9.59 Å². The van der Waals surface area contributed by atoms with Gasteiger partial charge in [-0.25, -0.2) is 4.79 Å². The number of rotatable bonds is 6. The molecule has 6 nitrogen and oxygen atoms in total. The number of carbonyl (C=O) groups is 3. The third-order valence-corrected chi connectivity index (χ3v) is 6.64. The molecule has 0 aliphatic heterocycles. The number of amides is 1. The molecule has 2 N–H and O–H groups in total. The van der Waals surface area contributed by atoms with Crippen LogP contribution in [0, 0.1) is 25.7 Å². The van der Waals surface area contributed by atoms with Crippen LogP contribution in [0.5, 0.6) is 0 Å². The fourth-order valence-electron chi connectivity index (χ4n) is 3.92. The predicted molar refractivity (Wildman–Crippen MR) is 117 cm³/mol. The van der Waals surface area contributed by atoms with Crippen molar-refractivity contribution in [3.8, 4) is 11.1 Å². The first-order valence-electron chi connectivity index (χ1n) is 10.2. The van der Waals surface area contributed by atoms with E-state index >= 15 is 0 Å². The summed E-state index contributed by atoms with van der Waals surface area (Å²) < 4.78 is 5.25. The van der Waals surface area contributed by atoms with Gasteiger partial charge in [-0.15, -0.1) is 11.3 Å². The second kappa shape index (κ2) is 9.43. The van der Waals surface area contributed by atoms with Crippen molar-refractivity contribution in [3.05, 3.63) is 40.3 Å². The van der Waals surface area contributed by atoms with Crippen molar-refractivity contribution in [3.63, 3.8) is 0 Å². The van der Waals surface area contributed by atoms with Gasteiger partial charge < -0.3 is 15.2 Å². The Morgan fingerprint density at radius 2 is 1.83 bits per heavy atom. The van der Waals surface area contributed by atoms with E-state index in [1.807, 2.05) is 37.4 Å². The van der Waals surface area contributed by atoms with Crippen molar-refractivity contribution >= 4 is 34.2 Å². The zero-order chi connectivity index (χ0) is 21.8. The summed E-state index contributed by atoms with van der Waals surface area (Å²) in [6, 6.07) is 5.95. The number of thiophene rings is 1. The lowest BCUT2D eigenvalue weighted by Crippen LogP contribution is -2.36. The SMILES string of the molecule is CCOC(=O)c1c(-c2ccc(C)c(C)c2)csc1NC(=O)C1CCCCC1C(=O)O. The largest absolute Gasteiger partial charge is 0.481 e. The molecule has 1 aliphatic carbocycles. The van der Waals surface area contributed by atoms with Crippen molar-refractivity contribution in [2.24, 2.45) is 11.8 Å². The summed E-state index contributed by atoms with van der Waals surface area (Å²) in [5.74, 6) is -3.08. The van der Waals surface area contributed by atoms with Crippen molar-refractivity contribution in [1.82, 2.24) is 0 Å². The van der Waals surface area contributed by atoms with Gasteiger partial charge >= 0.3 is 11.9 Å². The predicted octanol–water partition coefficient (Wildman–Crippen LogP) is 5.04. The Morgan fingerprint density at radius 3 is 2.47 bits per heavy atom. The molecule has 30 heavy (non-hydrogen) atoms. The maximum atomic E-state index is 12.9. The Bertz CT molecular complexity index is 964. The lowest BCUT2D eigenvalue weighted by atomic mass is 9.79. The summed E-state index contributed by atoms with van der Waals surface area (Å²) in [5.41, 5.74) is 4.15. The summed E-state index contributed by atoms with van der Waals surface area (Å²) in [7, 11) is 0. The molecular weight excluding hydrogens is 402 g/mol. The van der Waals surface area contributed by atoms with E-state index in [1.165, 1.54) is 11.3 Å². The Balaban J connectivity index is 1.95. The lowest BCUT2D eigenvalue weighted by Gasteiger charge is -2.27. The molecule has 1 amide bonds. The van der Waals surface area contributed by atoms with E-state index < -0.39 is 23.8 Å². The number of nitrogens with one attached hydrogen (secondary N) is 1. The highest BCUT2D eigenvalue weighted by molar-refractivity contribution is 7.15. The molecule has 2 unspecified atom stereocenters.